The van der Waals surface area contributed by atoms with Gasteiger partial charge in [-0.1, -0.05) is 13.3 Å². The summed E-state index contributed by atoms with van der Waals surface area (Å²) in [6, 6.07) is 0.346. The Balaban J connectivity index is 2.37. The number of nitrogens with one attached hydrogen (secondary N) is 1. The van der Waals surface area contributed by atoms with E-state index in [1.165, 1.54) is 0 Å². The van der Waals surface area contributed by atoms with Crippen molar-refractivity contribution < 1.29 is 8.42 Å². The second-order valence-electron chi connectivity index (χ2n) is 5.73. The fourth-order valence-corrected chi connectivity index (χ4v) is 4.97. The van der Waals surface area contributed by atoms with Crippen molar-refractivity contribution in [2.45, 2.75) is 71.4 Å². The van der Waals surface area contributed by atoms with E-state index in [1.807, 2.05) is 13.8 Å². The lowest BCUT2D eigenvalue weighted by Crippen LogP contribution is -2.48. The van der Waals surface area contributed by atoms with Crippen LogP contribution in [0.5, 0.6) is 0 Å². The van der Waals surface area contributed by atoms with Crippen LogP contribution >= 0.6 is 0 Å². The van der Waals surface area contributed by atoms with Gasteiger partial charge < -0.3 is 5.32 Å². The maximum atomic E-state index is 12.4. The van der Waals surface area contributed by atoms with Crippen molar-refractivity contribution >= 4 is 10.0 Å². The molecule has 0 aromatic carbocycles. The summed E-state index contributed by atoms with van der Waals surface area (Å²) in [5.41, 5.74) is 0. The Labute approximate surface area is 119 Å². The number of nitrogens with zero attached hydrogens (tertiary/aromatic N) is 1. The number of rotatable bonds is 8. The van der Waals surface area contributed by atoms with E-state index in [-0.39, 0.29) is 12.1 Å². The molecule has 1 N–H and O–H groups in total. The molecule has 0 radical (unpaired) electrons. The molecule has 0 aromatic rings. The molecule has 19 heavy (non-hydrogen) atoms. The van der Waals surface area contributed by atoms with E-state index in [1.54, 1.807) is 4.31 Å². The van der Waals surface area contributed by atoms with Crippen LogP contribution in [0.2, 0.25) is 0 Å². The smallest absolute Gasteiger partial charge is 0.214 e. The molecule has 0 bridgehead atoms. The Hall–Kier alpha value is -0.130. The van der Waals surface area contributed by atoms with Gasteiger partial charge in [0, 0.05) is 12.1 Å². The zero-order chi connectivity index (χ0) is 14.3. The van der Waals surface area contributed by atoms with Crippen LogP contribution in [-0.2, 0) is 10.0 Å². The lowest BCUT2D eigenvalue weighted by molar-refractivity contribution is 0.204. The monoisotopic (exact) mass is 290 g/mol. The van der Waals surface area contributed by atoms with E-state index in [0.717, 1.165) is 51.6 Å². The minimum atomic E-state index is -3.07. The second-order valence-corrected chi connectivity index (χ2v) is 7.73. The normalized spacial score (nSPS) is 25.6. The predicted octanol–water partition coefficient (Wildman–Crippen LogP) is 2.36. The zero-order valence-electron chi connectivity index (χ0n) is 12.7. The van der Waals surface area contributed by atoms with Crippen LogP contribution in [0.15, 0.2) is 0 Å². The minimum Gasteiger partial charge on any atom is -0.317 e. The summed E-state index contributed by atoms with van der Waals surface area (Å²) in [6.07, 6.45) is 5.98. The highest BCUT2D eigenvalue weighted by atomic mass is 32.2. The van der Waals surface area contributed by atoms with E-state index in [2.05, 4.69) is 12.2 Å². The first-order valence-electron chi connectivity index (χ1n) is 7.71. The zero-order valence-corrected chi connectivity index (χ0v) is 13.5. The summed E-state index contributed by atoms with van der Waals surface area (Å²) in [6.45, 7) is 8.16. The molecule has 1 rings (SSSR count). The Morgan fingerprint density at radius 2 is 1.74 bits per heavy atom. The molecular weight excluding hydrogens is 260 g/mol. The SMILES string of the molecule is CCCNCCCCS(=O)(=O)N1C(C)CCCC1C. The third-order valence-corrected chi connectivity index (χ3v) is 6.03. The highest BCUT2D eigenvalue weighted by molar-refractivity contribution is 7.89. The first-order chi connectivity index (χ1) is 8.99. The molecule has 2 atom stereocenters. The van der Waals surface area contributed by atoms with Crippen molar-refractivity contribution in [3.8, 4) is 0 Å². The molecule has 1 aliphatic rings. The Kier molecular flexibility index (Phi) is 7.32. The molecule has 0 spiro atoms. The first-order valence-corrected chi connectivity index (χ1v) is 9.32. The van der Waals surface area contributed by atoms with Crippen LogP contribution in [0.25, 0.3) is 0 Å². The van der Waals surface area contributed by atoms with E-state index in [4.69, 9.17) is 0 Å². The minimum absolute atomic E-state index is 0.173. The van der Waals surface area contributed by atoms with Gasteiger partial charge in [0.25, 0.3) is 0 Å². The molecule has 2 unspecified atom stereocenters. The molecule has 1 fully saturated rings. The van der Waals surface area contributed by atoms with Gasteiger partial charge in [0.1, 0.15) is 0 Å². The lowest BCUT2D eigenvalue weighted by Gasteiger charge is -2.37. The van der Waals surface area contributed by atoms with E-state index in [9.17, 15) is 8.42 Å². The number of piperidine rings is 1. The standard InChI is InChI=1S/C14H30N2O2S/c1-4-10-15-11-5-6-12-19(17,18)16-13(2)8-7-9-14(16)3/h13-15H,4-12H2,1-3H3. The predicted molar refractivity (Wildman–Crippen MR) is 80.8 cm³/mol. The third kappa shape index (κ3) is 5.40. The third-order valence-electron chi connectivity index (χ3n) is 3.87. The molecule has 1 heterocycles. The van der Waals surface area contributed by atoms with E-state index < -0.39 is 10.0 Å². The van der Waals surface area contributed by atoms with Gasteiger partial charge >= 0.3 is 0 Å². The summed E-state index contributed by atoms with van der Waals surface area (Å²) in [5.74, 6) is 0.301. The maximum Gasteiger partial charge on any atom is 0.214 e. The molecule has 4 nitrogen and oxygen atoms in total. The lowest BCUT2D eigenvalue weighted by atomic mass is 10.0. The second kappa shape index (κ2) is 8.22. The van der Waals surface area contributed by atoms with Crippen molar-refractivity contribution in [3.63, 3.8) is 0 Å². The van der Waals surface area contributed by atoms with Crippen molar-refractivity contribution in [1.29, 1.82) is 0 Å². The van der Waals surface area contributed by atoms with Gasteiger partial charge in [-0.2, -0.15) is 4.31 Å². The quantitative estimate of drug-likeness (QED) is 0.698. The van der Waals surface area contributed by atoms with Crippen LogP contribution in [0.3, 0.4) is 0 Å². The topological polar surface area (TPSA) is 49.4 Å². The molecule has 114 valence electrons. The Bertz CT molecular complexity index is 333. The number of hydrogen-bond donors (Lipinski definition) is 1. The summed E-state index contributed by atoms with van der Waals surface area (Å²) in [4.78, 5) is 0. The fraction of sp³-hybridized carbons (Fsp3) is 1.00. The van der Waals surface area contributed by atoms with Gasteiger partial charge in [0.05, 0.1) is 5.75 Å². The Morgan fingerprint density at radius 3 is 2.32 bits per heavy atom. The summed E-state index contributed by atoms with van der Waals surface area (Å²) >= 11 is 0. The van der Waals surface area contributed by atoms with Gasteiger partial charge in [0.2, 0.25) is 10.0 Å². The molecule has 1 saturated heterocycles. The summed E-state index contributed by atoms with van der Waals surface area (Å²) in [7, 11) is -3.07. The molecule has 0 aliphatic carbocycles. The average molecular weight is 290 g/mol. The van der Waals surface area contributed by atoms with E-state index >= 15 is 0 Å². The van der Waals surface area contributed by atoms with Crippen LogP contribution in [0, 0.1) is 0 Å². The van der Waals surface area contributed by atoms with Crippen LogP contribution in [0.4, 0.5) is 0 Å². The molecule has 5 heteroatoms. The van der Waals surface area contributed by atoms with Gasteiger partial charge in [0.15, 0.2) is 0 Å². The largest absolute Gasteiger partial charge is 0.317 e. The van der Waals surface area contributed by atoms with Gasteiger partial charge in [-0.25, -0.2) is 8.42 Å². The van der Waals surface area contributed by atoms with E-state index in [0.29, 0.717) is 5.75 Å². The Morgan fingerprint density at radius 1 is 1.11 bits per heavy atom. The van der Waals surface area contributed by atoms with Crippen molar-refractivity contribution in [2.24, 2.45) is 0 Å². The molecular formula is C14H30N2O2S. The average Bonchev–Trinajstić information content (AvgIpc) is 2.33. The van der Waals surface area contributed by atoms with Gasteiger partial charge in [-0.15, -0.1) is 0 Å². The van der Waals surface area contributed by atoms with Crippen molar-refractivity contribution in [2.75, 3.05) is 18.8 Å². The van der Waals surface area contributed by atoms with Gasteiger partial charge in [-0.05, 0) is 59.0 Å². The molecule has 0 saturated carbocycles. The molecule has 0 amide bonds. The summed E-state index contributed by atoms with van der Waals surface area (Å²) < 4.78 is 26.6. The number of sulfonamides is 1. The molecule has 0 aromatic heterocycles. The highest BCUT2D eigenvalue weighted by Crippen LogP contribution is 2.26. The van der Waals surface area contributed by atoms with Crippen molar-refractivity contribution in [1.82, 2.24) is 9.62 Å². The van der Waals surface area contributed by atoms with Crippen LogP contribution in [0.1, 0.15) is 59.3 Å². The van der Waals surface area contributed by atoms with Crippen LogP contribution in [-0.4, -0.2) is 43.6 Å². The number of unbranched alkanes of at least 4 members (excludes halogenated alkanes) is 1. The number of hydrogen-bond acceptors (Lipinski definition) is 3. The maximum absolute atomic E-state index is 12.4. The highest BCUT2D eigenvalue weighted by Gasteiger charge is 2.33. The summed E-state index contributed by atoms with van der Waals surface area (Å²) in [5, 5.41) is 3.31. The van der Waals surface area contributed by atoms with Crippen LogP contribution < -0.4 is 5.32 Å². The fourth-order valence-electron chi connectivity index (χ4n) is 2.89. The van der Waals surface area contributed by atoms with Gasteiger partial charge in [-0.3, -0.25) is 0 Å². The molecule has 1 aliphatic heterocycles. The van der Waals surface area contributed by atoms with Crippen molar-refractivity contribution in [3.05, 3.63) is 0 Å². The first kappa shape index (κ1) is 16.9.